The average Bonchev–Trinajstić information content (AvgIpc) is 2.88. The molecule has 0 aliphatic heterocycles. The fraction of sp³-hybridized carbons (Fsp3) is 0.250. The molecule has 0 bridgehead atoms. The molecule has 0 saturated heterocycles. The Morgan fingerprint density at radius 3 is 2.62 bits per heavy atom. The second kappa shape index (κ2) is 5.74. The lowest BCUT2D eigenvalue weighted by Gasteiger charge is -2.12. The van der Waals surface area contributed by atoms with Gasteiger partial charge in [0.05, 0.1) is 17.0 Å². The summed E-state index contributed by atoms with van der Waals surface area (Å²) in [4.78, 5) is 3.48. The first-order valence-electron chi connectivity index (χ1n) is 5.76. The molecule has 21 heavy (non-hydrogen) atoms. The van der Waals surface area contributed by atoms with Crippen LogP contribution in [0.5, 0.6) is 0 Å². The maximum atomic E-state index is 12.8. The van der Waals surface area contributed by atoms with Crippen molar-refractivity contribution < 1.29 is 21.6 Å². The zero-order valence-corrected chi connectivity index (χ0v) is 12.4. The molecule has 1 heterocycles. The quantitative estimate of drug-likeness (QED) is 0.934. The molecular formula is C12H11F3N2O2S2. The molecule has 0 radical (unpaired) electrons. The molecule has 0 spiro atoms. The van der Waals surface area contributed by atoms with Crippen LogP contribution >= 0.6 is 11.3 Å². The van der Waals surface area contributed by atoms with Crippen molar-refractivity contribution in [2.45, 2.75) is 24.5 Å². The van der Waals surface area contributed by atoms with E-state index in [4.69, 9.17) is 0 Å². The number of benzene rings is 1. The fourth-order valence-electron chi connectivity index (χ4n) is 1.65. The molecule has 0 fully saturated rings. The van der Waals surface area contributed by atoms with Crippen LogP contribution in [0.2, 0.25) is 0 Å². The number of aromatic nitrogens is 1. The van der Waals surface area contributed by atoms with Gasteiger partial charge in [-0.1, -0.05) is 6.07 Å². The highest BCUT2D eigenvalue weighted by Crippen LogP contribution is 2.33. The van der Waals surface area contributed by atoms with Gasteiger partial charge in [0.25, 0.3) is 0 Å². The highest BCUT2D eigenvalue weighted by Gasteiger charge is 2.33. The number of halogens is 3. The van der Waals surface area contributed by atoms with Gasteiger partial charge in [-0.3, -0.25) is 0 Å². The summed E-state index contributed by atoms with van der Waals surface area (Å²) in [7, 11) is -4.02. The van der Waals surface area contributed by atoms with Crippen molar-refractivity contribution in [1.29, 1.82) is 0 Å². The zero-order chi connectivity index (χ0) is 15.7. The molecule has 1 aromatic heterocycles. The van der Waals surface area contributed by atoms with Gasteiger partial charge < -0.3 is 0 Å². The first-order chi connectivity index (χ1) is 9.70. The molecule has 0 atom stereocenters. The van der Waals surface area contributed by atoms with E-state index >= 15 is 0 Å². The number of sulfonamides is 1. The predicted octanol–water partition coefficient (Wildman–Crippen LogP) is 2.95. The number of hydrogen-bond acceptors (Lipinski definition) is 4. The van der Waals surface area contributed by atoms with Crippen LogP contribution in [0.1, 0.15) is 16.1 Å². The number of nitrogens with one attached hydrogen (secondary N) is 1. The number of rotatable bonds is 4. The monoisotopic (exact) mass is 336 g/mol. The van der Waals surface area contributed by atoms with Crippen LogP contribution in [0.3, 0.4) is 0 Å². The molecule has 0 saturated carbocycles. The lowest BCUT2D eigenvalue weighted by atomic mass is 10.1. The second-order valence-electron chi connectivity index (χ2n) is 4.22. The summed E-state index contributed by atoms with van der Waals surface area (Å²) in [6.07, 6.45) is -3.08. The Morgan fingerprint density at radius 1 is 1.33 bits per heavy atom. The zero-order valence-electron chi connectivity index (χ0n) is 10.8. The molecule has 0 unspecified atom stereocenters. The van der Waals surface area contributed by atoms with Crippen molar-refractivity contribution in [1.82, 2.24) is 9.71 Å². The number of alkyl halides is 3. The number of aryl methyl sites for hydroxylation is 1. The van der Waals surface area contributed by atoms with Crippen molar-refractivity contribution in [3.8, 4) is 0 Å². The lowest BCUT2D eigenvalue weighted by molar-refractivity contribution is -0.138. The van der Waals surface area contributed by atoms with E-state index in [1.54, 1.807) is 5.38 Å². The number of hydrogen-bond donors (Lipinski definition) is 1. The van der Waals surface area contributed by atoms with Gasteiger partial charge in [0.15, 0.2) is 0 Å². The summed E-state index contributed by atoms with van der Waals surface area (Å²) in [6, 6.07) is 2.93. The molecule has 9 heteroatoms. The largest absolute Gasteiger partial charge is 0.416 e. The van der Waals surface area contributed by atoms with Gasteiger partial charge in [-0.05, 0) is 24.6 Å². The van der Waals surface area contributed by atoms with E-state index in [1.165, 1.54) is 24.5 Å². The maximum absolute atomic E-state index is 12.8. The molecule has 1 aromatic carbocycles. The number of nitrogens with zero attached hydrogens (tertiary/aromatic N) is 1. The maximum Gasteiger partial charge on any atom is 0.416 e. The molecule has 4 nitrogen and oxygen atoms in total. The van der Waals surface area contributed by atoms with Crippen molar-refractivity contribution in [3.05, 3.63) is 45.9 Å². The van der Waals surface area contributed by atoms with Crippen LogP contribution in [-0.4, -0.2) is 13.4 Å². The van der Waals surface area contributed by atoms with E-state index in [0.29, 0.717) is 11.1 Å². The molecule has 2 rings (SSSR count). The van der Waals surface area contributed by atoms with Gasteiger partial charge in [-0.25, -0.2) is 18.1 Å². The highest BCUT2D eigenvalue weighted by atomic mass is 32.2. The second-order valence-corrected chi connectivity index (χ2v) is 6.97. The third kappa shape index (κ3) is 3.80. The highest BCUT2D eigenvalue weighted by molar-refractivity contribution is 7.89. The Morgan fingerprint density at radius 2 is 2.05 bits per heavy atom. The third-order valence-corrected chi connectivity index (χ3v) is 4.90. The van der Waals surface area contributed by atoms with Gasteiger partial charge >= 0.3 is 6.18 Å². The van der Waals surface area contributed by atoms with Crippen LogP contribution in [-0.2, 0) is 22.7 Å². The number of thiazole rings is 1. The van der Waals surface area contributed by atoms with Crippen LogP contribution in [0.15, 0.2) is 34.7 Å². The van der Waals surface area contributed by atoms with Gasteiger partial charge in [0, 0.05) is 11.6 Å². The summed E-state index contributed by atoms with van der Waals surface area (Å²) in [5.74, 6) is 0. The SMILES string of the molecule is Cc1ccc(S(=O)(=O)NCc2nccs2)cc1C(F)(F)F. The Hall–Kier alpha value is -1.45. The van der Waals surface area contributed by atoms with E-state index in [2.05, 4.69) is 9.71 Å². The van der Waals surface area contributed by atoms with E-state index in [-0.39, 0.29) is 12.1 Å². The van der Waals surface area contributed by atoms with Crippen molar-refractivity contribution >= 4 is 21.4 Å². The smallest absolute Gasteiger partial charge is 0.248 e. The Balaban J connectivity index is 2.28. The molecule has 1 N–H and O–H groups in total. The summed E-state index contributed by atoms with van der Waals surface area (Å²) in [5.41, 5.74) is -0.985. The summed E-state index contributed by atoms with van der Waals surface area (Å²) < 4.78 is 64.7. The van der Waals surface area contributed by atoms with Crippen LogP contribution in [0.4, 0.5) is 13.2 Å². The van der Waals surface area contributed by atoms with Gasteiger partial charge in [-0.15, -0.1) is 11.3 Å². The molecule has 114 valence electrons. The van der Waals surface area contributed by atoms with Crippen LogP contribution < -0.4 is 4.72 Å². The standard InChI is InChI=1S/C12H11F3N2O2S2/c1-8-2-3-9(6-10(8)12(13,14)15)21(18,19)17-7-11-16-4-5-20-11/h2-6,17H,7H2,1H3. The molecule has 0 aliphatic rings. The third-order valence-electron chi connectivity index (χ3n) is 2.72. The molecular weight excluding hydrogens is 325 g/mol. The lowest BCUT2D eigenvalue weighted by Crippen LogP contribution is -2.23. The first-order valence-corrected chi connectivity index (χ1v) is 8.12. The topological polar surface area (TPSA) is 59.1 Å². The summed E-state index contributed by atoms with van der Waals surface area (Å²) in [5, 5.41) is 2.21. The minimum atomic E-state index is -4.59. The van der Waals surface area contributed by atoms with Crippen molar-refractivity contribution in [2.24, 2.45) is 0 Å². The minimum Gasteiger partial charge on any atom is -0.248 e. The molecule has 0 aliphatic carbocycles. The van der Waals surface area contributed by atoms with E-state index in [9.17, 15) is 21.6 Å². The van der Waals surface area contributed by atoms with E-state index in [1.807, 2.05) is 0 Å². The van der Waals surface area contributed by atoms with Gasteiger partial charge in [0.1, 0.15) is 5.01 Å². The van der Waals surface area contributed by atoms with Crippen LogP contribution in [0.25, 0.3) is 0 Å². The summed E-state index contributed by atoms with van der Waals surface area (Å²) >= 11 is 1.25. The Labute approximate surface area is 123 Å². The van der Waals surface area contributed by atoms with Gasteiger partial charge in [-0.2, -0.15) is 13.2 Å². The Bertz CT molecular complexity index is 725. The molecule has 2 aromatic rings. The Kier molecular flexibility index (Phi) is 4.35. The molecule has 0 amide bonds. The van der Waals surface area contributed by atoms with E-state index < -0.39 is 26.7 Å². The van der Waals surface area contributed by atoms with Crippen molar-refractivity contribution in [3.63, 3.8) is 0 Å². The van der Waals surface area contributed by atoms with Gasteiger partial charge in [0.2, 0.25) is 10.0 Å². The van der Waals surface area contributed by atoms with E-state index in [0.717, 1.165) is 12.1 Å². The summed E-state index contributed by atoms with van der Waals surface area (Å²) in [6.45, 7) is 1.22. The predicted molar refractivity (Wildman–Crippen MR) is 72.3 cm³/mol. The normalized spacial score (nSPS) is 12.6. The van der Waals surface area contributed by atoms with Crippen LogP contribution in [0, 0.1) is 6.92 Å². The fourth-order valence-corrected chi connectivity index (χ4v) is 3.32. The minimum absolute atomic E-state index is 0.0265. The first kappa shape index (κ1) is 15.9. The van der Waals surface area contributed by atoms with Crippen molar-refractivity contribution in [2.75, 3.05) is 0 Å². The average molecular weight is 336 g/mol.